The van der Waals surface area contributed by atoms with Crippen molar-refractivity contribution in [3.05, 3.63) is 69.7 Å². The summed E-state index contributed by atoms with van der Waals surface area (Å²) < 4.78 is 10.5. The number of cyclic esters (lactones) is 1. The topological polar surface area (TPSA) is 82.6 Å². The van der Waals surface area contributed by atoms with E-state index in [9.17, 15) is 14.9 Å². The Balaban J connectivity index is 1.91. The van der Waals surface area contributed by atoms with E-state index in [1.165, 1.54) is 12.1 Å². The number of nitro groups is 1. The van der Waals surface area contributed by atoms with E-state index in [2.05, 4.69) is 0 Å². The molecule has 110 valence electrons. The number of hydrogen-bond donors (Lipinski definition) is 0. The third-order valence-corrected chi connectivity index (χ3v) is 3.11. The number of nitro benzene ring substituents is 1. The lowest BCUT2D eigenvalue weighted by atomic mass is 10.1. The summed E-state index contributed by atoms with van der Waals surface area (Å²) in [5.74, 6) is 1.06. The number of ether oxygens (including phenoxy) is 1. The Hall–Kier alpha value is -3.15. The summed E-state index contributed by atoms with van der Waals surface area (Å²) in [5, 5.41) is 10.8. The average molecular weight is 297 g/mol. The van der Waals surface area contributed by atoms with Gasteiger partial charge in [-0.1, -0.05) is 12.1 Å². The Morgan fingerprint density at radius 1 is 1.23 bits per heavy atom. The summed E-state index contributed by atoms with van der Waals surface area (Å²) in [5.41, 5.74) is 0.990. The van der Waals surface area contributed by atoms with Crippen LogP contribution >= 0.6 is 0 Å². The SMILES string of the molecule is CC1=C/C(=C/c2ccc(-c3cccc([N+](=O)[O-])c3)o2)C(=O)O1. The van der Waals surface area contributed by atoms with Gasteiger partial charge in [0.05, 0.1) is 10.5 Å². The second-order valence-electron chi connectivity index (χ2n) is 4.75. The number of benzene rings is 1. The number of nitrogens with zero attached hydrogens (tertiary/aromatic N) is 1. The lowest BCUT2D eigenvalue weighted by Crippen LogP contribution is -1.95. The molecule has 0 radical (unpaired) electrons. The number of rotatable bonds is 3. The number of esters is 1. The molecule has 0 saturated carbocycles. The summed E-state index contributed by atoms with van der Waals surface area (Å²) in [6.45, 7) is 1.69. The highest BCUT2D eigenvalue weighted by molar-refractivity contribution is 5.99. The van der Waals surface area contributed by atoms with Crippen LogP contribution in [0.2, 0.25) is 0 Å². The first kappa shape index (κ1) is 13.8. The highest BCUT2D eigenvalue weighted by Crippen LogP contribution is 2.27. The minimum atomic E-state index is -0.461. The second kappa shape index (κ2) is 5.33. The predicted molar refractivity (Wildman–Crippen MR) is 78.6 cm³/mol. The monoisotopic (exact) mass is 297 g/mol. The number of carbonyl (C=O) groups is 1. The second-order valence-corrected chi connectivity index (χ2v) is 4.75. The first-order chi connectivity index (χ1) is 10.5. The van der Waals surface area contributed by atoms with Crippen molar-refractivity contribution in [2.75, 3.05) is 0 Å². The van der Waals surface area contributed by atoms with Crippen molar-refractivity contribution in [1.82, 2.24) is 0 Å². The molecular weight excluding hydrogens is 286 g/mol. The number of non-ortho nitro benzene ring substituents is 1. The van der Waals surface area contributed by atoms with E-state index in [0.717, 1.165) is 0 Å². The van der Waals surface area contributed by atoms with Crippen LogP contribution in [0, 0.1) is 10.1 Å². The molecule has 1 aromatic heterocycles. The zero-order valence-electron chi connectivity index (χ0n) is 11.6. The van der Waals surface area contributed by atoms with E-state index in [4.69, 9.17) is 9.15 Å². The first-order valence-corrected chi connectivity index (χ1v) is 6.50. The molecule has 3 rings (SSSR count). The third-order valence-electron chi connectivity index (χ3n) is 3.11. The smallest absolute Gasteiger partial charge is 0.343 e. The summed E-state index contributed by atoms with van der Waals surface area (Å²) in [6, 6.07) is 9.55. The molecule has 22 heavy (non-hydrogen) atoms. The van der Waals surface area contributed by atoms with E-state index in [0.29, 0.717) is 28.4 Å². The van der Waals surface area contributed by atoms with E-state index in [-0.39, 0.29) is 5.69 Å². The van der Waals surface area contributed by atoms with Gasteiger partial charge in [-0.3, -0.25) is 10.1 Å². The predicted octanol–water partition coefficient (Wildman–Crippen LogP) is 3.70. The molecule has 2 aromatic rings. The van der Waals surface area contributed by atoms with Gasteiger partial charge in [0.25, 0.3) is 5.69 Å². The standard InChI is InChI=1S/C16H11NO5/c1-10-7-12(16(18)21-10)9-14-5-6-15(22-14)11-3-2-4-13(8-11)17(19)20/h2-9H,1H3/b12-9-. The first-order valence-electron chi connectivity index (χ1n) is 6.50. The Morgan fingerprint density at radius 2 is 2.05 bits per heavy atom. The molecule has 0 bridgehead atoms. The number of hydrogen-bond acceptors (Lipinski definition) is 5. The minimum absolute atomic E-state index is 0.00765. The Labute approximate surface area is 125 Å². The molecule has 0 amide bonds. The van der Waals surface area contributed by atoms with Crippen LogP contribution in [-0.4, -0.2) is 10.9 Å². The summed E-state index contributed by atoms with van der Waals surface area (Å²) in [7, 11) is 0. The van der Waals surface area contributed by atoms with Crippen LogP contribution in [0.25, 0.3) is 17.4 Å². The van der Waals surface area contributed by atoms with Crippen molar-refractivity contribution in [2.24, 2.45) is 0 Å². The lowest BCUT2D eigenvalue weighted by molar-refractivity contribution is -0.384. The Morgan fingerprint density at radius 3 is 2.73 bits per heavy atom. The molecule has 0 fully saturated rings. The van der Waals surface area contributed by atoms with Crippen LogP contribution < -0.4 is 0 Å². The number of carbonyl (C=O) groups excluding carboxylic acids is 1. The average Bonchev–Trinajstić information content (AvgIpc) is 3.06. The number of allylic oxidation sites excluding steroid dienone is 1. The molecule has 0 aliphatic carbocycles. The van der Waals surface area contributed by atoms with Gasteiger partial charge in [0, 0.05) is 17.7 Å². The molecule has 0 unspecified atom stereocenters. The summed E-state index contributed by atoms with van der Waals surface area (Å²) in [6.07, 6.45) is 3.19. The normalized spacial score (nSPS) is 15.8. The highest BCUT2D eigenvalue weighted by Gasteiger charge is 2.18. The zero-order chi connectivity index (χ0) is 15.7. The maximum absolute atomic E-state index is 11.5. The van der Waals surface area contributed by atoms with Crippen molar-refractivity contribution in [1.29, 1.82) is 0 Å². The van der Waals surface area contributed by atoms with Gasteiger partial charge in [0.2, 0.25) is 0 Å². The van der Waals surface area contributed by atoms with E-state index >= 15 is 0 Å². The lowest BCUT2D eigenvalue weighted by Gasteiger charge is -1.97. The van der Waals surface area contributed by atoms with Crippen molar-refractivity contribution < 1.29 is 18.9 Å². The molecule has 6 heteroatoms. The maximum atomic E-state index is 11.5. The molecule has 0 N–H and O–H groups in total. The Kier molecular flexibility index (Phi) is 3.34. The van der Waals surface area contributed by atoms with Gasteiger partial charge in [-0.15, -0.1) is 0 Å². The van der Waals surface area contributed by atoms with Gasteiger partial charge < -0.3 is 9.15 Å². The van der Waals surface area contributed by atoms with Crippen molar-refractivity contribution in [2.45, 2.75) is 6.92 Å². The molecule has 1 aliphatic heterocycles. The fourth-order valence-electron chi connectivity index (χ4n) is 2.12. The van der Waals surface area contributed by atoms with Gasteiger partial charge in [0.1, 0.15) is 17.3 Å². The van der Waals surface area contributed by atoms with E-state index < -0.39 is 10.9 Å². The quantitative estimate of drug-likeness (QED) is 0.373. The third kappa shape index (κ3) is 2.67. The van der Waals surface area contributed by atoms with Crippen LogP contribution in [0.5, 0.6) is 0 Å². The van der Waals surface area contributed by atoms with Crippen LogP contribution in [0.15, 0.2) is 58.2 Å². The van der Waals surface area contributed by atoms with E-state index in [1.807, 2.05) is 0 Å². The van der Waals surface area contributed by atoms with Crippen molar-refractivity contribution >= 4 is 17.7 Å². The van der Waals surface area contributed by atoms with Gasteiger partial charge in [-0.05, 0) is 31.2 Å². The molecule has 0 atom stereocenters. The molecule has 0 spiro atoms. The summed E-state index contributed by atoms with van der Waals surface area (Å²) in [4.78, 5) is 21.9. The van der Waals surface area contributed by atoms with Gasteiger partial charge >= 0.3 is 5.97 Å². The molecule has 0 saturated heterocycles. The molecule has 6 nitrogen and oxygen atoms in total. The molecule has 2 heterocycles. The highest BCUT2D eigenvalue weighted by atomic mass is 16.6. The van der Waals surface area contributed by atoms with Crippen molar-refractivity contribution in [3.63, 3.8) is 0 Å². The largest absolute Gasteiger partial charge is 0.457 e. The fourth-order valence-corrected chi connectivity index (χ4v) is 2.12. The van der Waals surface area contributed by atoms with Crippen LogP contribution in [0.4, 0.5) is 5.69 Å². The van der Waals surface area contributed by atoms with Gasteiger partial charge in [0.15, 0.2) is 0 Å². The molecule has 1 aromatic carbocycles. The molecule has 1 aliphatic rings. The van der Waals surface area contributed by atoms with Gasteiger partial charge in [-0.25, -0.2) is 4.79 Å². The summed E-state index contributed by atoms with van der Waals surface area (Å²) >= 11 is 0. The Bertz CT molecular complexity index is 829. The van der Waals surface area contributed by atoms with E-state index in [1.54, 1.807) is 43.3 Å². The molecular formula is C16H11NO5. The fraction of sp³-hybridized carbons (Fsp3) is 0.0625. The van der Waals surface area contributed by atoms with Crippen molar-refractivity contribution in [3.8, 4) is 11.3 Å². The van der Waals surface area contributed by atoms with Crippen LogP contribution in [-0.2, 0) is 9.53 Å². The zero-order valence-corrected chi connectivity index (χ0v) is 11.6. The van der Waals surface area contributed by atoms with Gasteiger partial charge in [-0.2, -0.15) is 0 Å². The number of furan rings is 1. The van der Waals surface area contributed by atoms with Crippen LogP contribution in [0.1, 0.15) is 12.7 Å². The van der Waals surface area contributed by atoms with Crippen LogP contribution in [0.3, 0.4) is 0 Å². The minimum Gasteiger partial charge on any atom is -0.457 e. The maximum Gasteiger partial charge on any atom is 0.343 e.